The molecule has 0 spiro atoms. The molecule has 2 aromatic carbocycles. The first-order chi connectivity index (χ1) is 13.1. The Balaban J connectivity index is 1.32. The molecule has 2 aliphatic heterocycles. The highest BCUT2D eigenvalue weighted by atomic mass is 32.2. The van der Waals surface area contributed by atoms with Crippen LogP contribution in [0.5, 0.6) is 11.5 Å². The number of carbonyl (C=O) groups excluding carboxylic acids is 3. The van der Waals surface area contributed by atoms with Crippen molar-refractivity contribution in [3.63, 3.8) is 0 Å². The Kier molecular flexibility index (Phi) is 4.72. The quantitative estimate of drug-likeness (QED) is 0.625. The molecular formula is C19H15NO6S. The number of hydrogen-bond donors (Lipinski definition) is 1. The average molecular weight is 385 g/mol. The normalized spacial score (nSPS) is 17.0. The summed E-state index contributed by atoms with van der Waals surface area (Å²) in [7, 11) is 0. The summed E-state index contributed by atoms with van der Waals surface area (Å²) >= 11 is 1.31. The van der Waals surface area contributed by atoms with Crippen LogP contribution in [0.4, 0.5) is 5.69 Å². The Morgan fingerprint density at radius 1 is 1.15 bits per heavy atom. The van der Waals surface area contributed by atoms with Crippen molar-refractivity contribution in [1.82, 2.24) is 0 Å². The van der Waals surface area contributed by atoms with E-state index in [0.717, 1.165) is 10.6 Å². The van der Waals surface area contributed by atoms with Crippen LogP contribution in [-0.2, 0) is 14.3 Å². The van der Waals surface area contributed by atoms with Crippen molar-refractivity contribution in [1.29, 1.82) is 0 Å². The summed E-state index contributed by atoms with van der Waals surface area (Å²) in [6.45, 7) is -0.277. The first-order valence-electron chi connectivity index (χ1n) is 8.25. The minimum atomic E-state index is -0.601. The smallest absolute Gasteiger partial charge is 0.307 e. The van der Waals surface area contributed by atoms with E-state index >= 15 is 0 Å². The number of hydrogen-bond acceptors (Lipinski definition) is 7. The molecule has 0 aliphatic carbocycles. The van der Waals surface area contributed by atoms with Crippen LogP contribution >= 0.6 is 11.8 Å². The molecule has 0 saturated heterocycles. The zero-order valence-corrected chi connectivity index (χ0v) is 14.9. The summed E-state index contributed by atoms with van der Waals surface area (Å²) in [5.74, 6) is -0.146. The van der Waals surface area contributed by atoms with Crippen molar-refractivity contribution in [3.8, 4) is 11.5 Å². The third-order valence-corrected chi connectivity index (χ3v) is 5.39. The zero-order chi connectivity index (χ0) is 18.8. The van der Waals surface area contributed by atoms with Crippen molar-refractivity contribution in [2.75, 3.05) is 18.7 Å². The van der Waals surface area contributed by atoms with Gasteiger partial charge in [-0.05, 0) is 30.3 Å². The van der Waals surface area contributed by atoms with Crippen LogP contribution in [-0.4, -0.2) is 36.3 Å². The number of nitrogens with one attached hydrogen (secondary N) is 1. The fourth-order valence-electron chi connectivity index (χ4n) is 2.74. The molecule has 2 aliphatic rings. The van der Waals surface area contributed by atoms with Crippen LogP contribution in [0.15, 0.2) is 47.4 Å². The fourth-order valence-corrected chi connectivity index (χ4v) is 3.83. The summed E-state index contributed by atoms with van der Waals surface area (Å²) in [6.07, 6.45) is -0.112. The van der Waals surface area contributed by atoms with E-state index < -0.39 is 17.8 Å². The third kappa shape index (κ3) is 3.75. The Hall–Kier alpha value is -3.00. The number of ketones is 1. The van der Waals surface area contributed by atoms with Crippen LogP contribution < -0.4 is 14.8 Å². The molecule has 1 amide bonds. The molecule has 1 N–H and O–H groups in total. The van der Waals surface area contributed by atoms with Gasteiger partial charge in [0.05, 0.1) is 17.4 Å². The lowest BCUT2D eigenvalue weighted by Gasteiger charge is -2.23. The molecule has 27 heavy (non-hydrogen) atoms. The Morgan fingerprint density at radius 3 is 2.85 bits per heavy atom. The van der Waals surface area contributed by atoms with Crippen molar-refractivity contribution < 1.29 is 28.6 Å². The molecule has 0 aromatic heterocycles. The minimum absolute atomic E-state index is 0.112. The third-order valence-electron chi connectivity index (χ3n) is 4.12. The van der Waals surface area contributed by atoms with Gasteiger partial charge in [-0.1, -0.05) is 12.1 Å². The summed E-state index contributed by atoms with van der Waals surface area (Å²) in [4.78, 5) is 37.3. The first-order valence-corrected chi connectivity index (χ1v) is 9.13. The summed E-state index contributed by atoms with van der Waals surface area (Å²) < 4.78 is 15.5. The van der Waals surface area contributed by atoms with Crippen LogP contribution in [0.2, 0.25) is 0 Å². The van der Waals surface area contributed by atoms with Gasteiger partial charge in [0, 0.05) is 10.5 Å². The molecule has 0 bridgehead atoms. The lowest BCUT2D eigenvalue weighted by molar-refractivity contribution is -0.143. The molecule has 0 saturated carbocycles. The Bertz CT molecular complexity index is 928. The molecule has 8 heteroatoms. The van der Waals surface area contributed by atoms with Crippen molar-refractivity contribution in [2.45, 2.75) is 16.6 Å². The number of esters is 1. The maximum absolute atomic E-state index is 12.2. The maximum atomic E-state index is 12.2. The number of ether oxygens (including phenoxy) is 3. The van der Waals surface area contributed by atoms with Gasteiger partial charge in [0.25, 0.3) is 0 Å². The number of fused-ring (bicyclic) bond motifs is 2. The number of rotatable bonds is 5. The van der Waals surface area contributed by atoms with Gasteiger partial charge in [0.1, 0.15) is 0 Å². The topological polar surface area (TPSA) is 90.9 Å². The number of amides is 1. The molecule has 2 aromatic rings. The molecule has 138 valence electrons. The van der Waals surface area contributed by atoms with Crippen molar-refractivity contribution in [3.05, 3.63) is 48.0 Å². The van der Waals surface area contributed by atoms with Gasteiger partial charge in [-0.25, -0.2) is 0 Å². The second-order valence-corrected chi connectivity index (χ2v) is 7.19. The van der Waals surface area contributed by atoms with Gasteiger partial charge in [-0.15, -0.1) is 11.8 Å². The highest BCUT2D eigenvalue weighted by Crippen LogP contribution is 2.36. The SMILES string of the molecule is O=C(CC1Sc2ccccc2NC1=O)OCC(=O)c1ccc2c(c1)OCO2. The Labute approximate surface area is 159 Å². The van der Waals surface area contributed by atoms with Crippen LogP contribution in [0, 0.1) is 0 Å². The van der Waals surface area contributed by atoms with E-state index in [2.05, 4.69) is 5.32 Å². The molecule has 1 unspecified atom stereocenters. The van der Waals surface area contributed by atoms with Gasteiger partial charge in [-0.3, -0.25) is 14.4 Å². The predicted octanol–water partition coefficient (Wildman–Crippen LogP) is 2.64. The van der Waals surface area contributed by atoms with Gasteiger partial charge in [0.15, 0.2) is 23.9 Å². The number of thioether (sulfide) groups is 1. The Morgan fingerprint density at radius 2 is 1.96 bits per heavy atom. The van der Waals surface area contributed by atoms with Gasteiger partial charge >= 0.3 is 5.97 Å². The van der Waals surface area contributed by atoms with Gasteiger partial charge in [-0.2, -0.15) is 0 Å². The standard InChI is InChI=1S/C19H15NO6S/c21-13(11-5-6-14-15(7-11)26-10-25-14)9-24-18(22)8-17-19(23)20-12-3-1-2-4-16(12)27-17/h1-7,17H,8-10H2,(H,20,23). The lowest BCUT2D eigenvalue weighted by Crippen LogP contribution is -2.31. The monoisotopic (exact) mass is 385 g/mol. The van der Waals surface area contributed by atoms with Crippen LogP contribution in [0.1, 0.15) is 16.8 Å². The van der Waals surface area contributed by atoms with Gasteiger partial charge in [0.2, 0.25) is 12.7 Å². The number of anilines is 1. The van der Waals surface area contributed by atoms with E-state index in [9.17, 15) is 14.4 Å². The summed E-state index contributed by atoms with van der Waals surface area (Å²) in [5.41, 5.74) is 1.10. The van der Waals surface area contributed by atoms with E-state index in [1.54, 1.807) is 24.3 Å². The van der Waals surface area contributed by atoms with Crippen molar-refractivity contribution >= 4 is 35.1 Å². The molecule has 0 fully saturated rings. The highest BCUT2D eigenvalue weighted by molar-refractivity contribution is 8.01. The largest absolute Gasteiger partial charge is 0.457 e. The van der Waals surface area contributed by atoms with E-state index in [4.69, 9.17) is 14.2 Å². The number of para-hydroxylation sites is 1. The van der Waals surface area contributed by atoms with E-state index in [1.165, 1.54) is 11.8 Å². The number of benzene rings is 2. The number of Topliss-reactive ketones (excluding diaryl/α,β-unsaturated/α-hetero) is 1. The summed E-state index contributed by atoms with van der Waals surface area (Å²) in [5, 5.41) is 2.18. The molecule has 2 heterocycles. The molecule has 1 atom stereocenters. The summed E-state index contributed by atoms with van der Waals surface area (Å²) in [6, 6.07) is 12.2. The van der Waals surface area contributed by atoms with E-state index in [0.29, 0.717) is 17.1 Å². The second-order valence-electron chi connectivity index (χ2n) is 5.95. The van der Waals surface area contributed by atoms with Crippen LogP contribution in [0.3, 0.4) is 0 Å². The van der Waals surface area contributed by atoms with E-state index in [-0.39, 0.29) is 24.9 Å². The molecular weight excluding hydrogens is 370 g/mol. The number of carbonyl (C=O) groups is 3. The lowest BCUT2D eigenvalue weighted by atomic mass is 10.1. The fraction of sp³-hybridized carbons (Fsp3) is 0.211. The second kappa shape index (κ2) is 7.32. The zero-order valence-electron chi connectivity index (χ0n) is 14.1. The van der Waals surface area contributed by atoms with Gasteiger partial charge < -0.3 is 19.5 Å². The molecule has 0 radical (unpaired) electrons. The van der Waals surface area contributed by atoms with Crippen molar-refractivity contribution in [2.24, 2.45) is 0 Å². The molecule has 7 nitrogen and oxygen atoms in total. The highest BCUT2D eigenvalue weighted by Gasteiger charge is 2.29. The predicted molar refractivity (Wildman–Crippen MR) is 97.2 cm³/mol. The maximum Gasteiger partial charge on any atom is 0.307 e. The first kappa shape index (κ1) is 17.4. The average Bonchev–Trinajstić information content (AvgIpc) is 3.14. The minimum Gasteiger partial charge on any atom is -0.457 e. The van der Waals surface area contributed by atoms with Crippen LogP contribution in [0.25, 0.3) is 0 Å². The van der Waals surface area contributed by atoms with E-state index in [1.807, 2.05) is 18.2 Å². The molecule has 4 rings (SSSR count).